The summed E-state index contributed by atoms with van der Waals surface area (Å²) >= 11 is 3.55. The summed E-state index contributed by atoms with van der Waals surface area (Å²) in [5, 5.41) is 0.430. The van der Waals surface area contributed by atoms with E-state index in [1.165, 1.54) is 6.07 Å². The number of benzene rings is 2. The summed E-state index contributed by atoms with van der Waals surface area (Å²) in [4.78, 5) is 15.4. The molecule has 3 aromatic rings. The number of methoxy groups -OCH3 is 2. The van der Waals surface area contributed by atoms with Gasteiger partial charge in [0, 0.05) is 35.3 Å². The molecule has 1 aromatic heterocycles. The Balaban J connectivity index is 2.07. The number of fused-ring (bicyclic) bond motifs is 1. The van der Waals surface area contributed by atoms with Crippen molar-refractivity contribution in [3.8, 4) is 22.8 Å². The van der Waals surface area contributed by atoms with Crippen LogP contribution in [0.4, 0.5) is 0 Å². The molecule has 6 heteroatoms. The summed E-state index contributed by atoms with van der Waals surface area (Å²) < 4.78 is 18.4. The van der Waals surface area contributed by atoms with Crippen LogP contribution in [0.3, 0.4) is 0 Å². The number of hydrogen-bond acceptors (Lipinski definition) is 5. The van der Waals surface area contributed by atoms with Crippen molar-refractivity contribution in [3.63, 3.8) is 0 Å². The lowest BCUT2D eigenvalue weighted by Gasteiger charge is -2.24. The van der Waals surface area contributed by atoms with Crippen LogP contribution in [0.1, 0.15) is 12.0 Å². The van der Waals surface area contributed by atoms with E-state index in [4.69, 9.17) is 13.9 Å². The number of halogens is 1. The first-order valence-electron chi connectivity index (χ1n) is 9.39. The highest BCUT2D eigenvalue weighted by molar-refractivity contribution is 9.10. The summed E-state index contributed by atoms with van der Waals surface area (Å²) in [6, 6.07) is 11.0. The molecule has 1 aliphatic heterocycles. The molecule has 0 atom stereocenters. The number of ether oxygens (including phenoxy) is 2. The standard InChI is InChI=1S/C23H22BrNO4/c1-25-10-8-14(9-11-25)21-19(27-2)13-20(28-3)22-17(26)12-18(29-23(21)22)15-6-4-5-7-16(15)24/h4-8,12-13H,9-11H2,1-3H3. The minimum absolute atomic E-state index is 0.147. The van der Waals surface area contributed by atoms with E-state index in [1.807, 2.05) is 24.3 Å². The van der Waals surface area contributed by atoms with Crippen LogP contribution in [0.25, 0.3) is 27.9 Å². The predicted octanol–water partition coefficient (Wildman–Crippen LogP) is 4.96. The predicted molar refractivity (Wildman–Crippen MR) is 119 cm³/mol. The number of likely N-dealkylation sites (N-methyl/N-ethyl adjacent to an activating group) is 1. The molecule has 2 heterocycles. The van der Waals surface area contributed by atoms with Crippen LogP contribution in [-0.2, 0) is 0 Å². The fourth-order valence-electron chi connectivity index (χ4n) is 3.70. The topological polar surface area (TPSA) is 51.9 Å². The Labute approximate surface area is 177 Å². The minimum Gasteiger partial charge on any atom is -0.496 e. The van der Waals surface area contributed by atoms with Gasteiger partial charge >= 0.3 is 0 Å². The fourth-order valence-corrected chi connectivity index (χ4v) is 4.18. The van der Waals surface area contributed by atoms with Crippen LogP contribution in [-0.4, -0.2) is 39.3 Å². The maximum atomic E-state index is 13.1. The van der Waals surface area contributed by atoms with E-state index in [0.29, 0.717) is 28.2 Å². The Hall–Kier alpha value is -2.57. The number of rotatable bonds is 4. The quantitative estimate of drug-likeness (QED) is 0.556. The van der Waals surface area contributed by atoms with E-state index in [1.54, 1.807) is 20.3 Å². The molecule has 0 fully saturated rings. The summed E-state index contributed by atoms with van der Waals surface area (Å²) in [5.74, 6) is 1.58. The molecular weight excluding hydrogens is 434 g/mol. The van der Waals surface area contributed by atoms with Crippen molar-refractivity contribution in [1.29, 1.82) is 0 Å². The maximum absolute atomic E-state index is 13.1. The van der Waals surface area contributed by atoms with E-state index < -0.39 is 0 Å². The number of nitrogens with zero attached hydrogens (tertiary/aromatic N) is 1. The maximum Gasteiger partial charge on any atom is 0.197 e. The van der Waals surface area contributed by atoms with Crippen molar-refractivity contribution in [3.05, 3.63) is 62.7 Å². The second-order valence-electron chi connectivity index (χ2n) is 7.06. The molecule has 0 saturated carbocycles. The molecule has 0 amide bonds. The third-order valence-corrected chi connectivity index (χ3v) is 5.93. The van der Waals surface area contributed by atoms with E-state index in [-0.39, 0.29) is 5.43 Å². The molecule has 0 bridgehead atoms. The molecule has 5 nitrogen and oxygen atoms in total. The SMILES string of the molecule is COc1cc(OC)c2c(=O)cc(-c3ccccc3Br)oc2c1C1=CCN(C)CC1. The van der Waals surface area contributed by atoms with Crippen molar-refractivity contribution in [2.24, 2.45) is 0 Å². The Morgan fingerprint density at radius 3 is 2.52 bits per heavy atom. The second-order valence-corrected chi connectivity index (χ2v) is 7.91. The van der Waals surface area contributed by atoms with Gasteiger partial charge in [0.25, 0.3) is 0 Å². The van der Waals surface area contributed by atoms with Crippen molar-refractivity contribution in [2.75, 3.05) is 34.4 Å². The fraction of sp³-hybridized carbons (Fsp3) is 0.261. The molecule has 0 spiro atoms. The van der Waals surface area contributed by atoms with E-state index in [9.17, 15) is 4.79 Å². The third kappa shape index (κ3) is 3.58. The molecule has 29 heavy (non-hydrogen) atoms. The molecule has 1 aliphatic rings. The highest BCUT2D eigenvalue weighted by atomic mass is 79.9. The van der Waals surface area contributed by atoms with Gasteiger partial charge < -0.3 is 18.8 Å². The zero-order valence-electron chi connectivity index (χ0n) is 16.6. The summed E-state index contributed by atoms with van der Waals surface area (Å²) in [6.07, 6.45) is 3.01. The first-order valence-corrected chi connectivity index (χ1v) is 10.2. The van der Waals surface area contributed by atoms with Crippen molar-refractivity contribution in [1.82, 2.24) is 4.90 Å². The summed E-state index contributed by atoms with van der Waals surface area (Å²) in [6.45, 7) is 1.76. The van der Waals surface area contributed by atoms with Gasteiger partial charge in [0.1, 0.15) is 22.6 Å². The van der Waals surface area contributed by atoms with Crippen molar-refractivity contribution >= 4 is 32.5 Å². The largest absolute Gasteiger partial charge is 0.496 e. The first-order chi connectivity index (χ1) is 14.0. The number of hydrogen-bond donors (Lipinski definition) is 0. The van der Waals surface area contributed by atoms with Gasteiger partial charge in [0.15, 0.2) is 11.0 Å². The van der Waals surface area contributed by atoms with Crippen LogP contribution in [0.5, 0.6) is 11.5 Å². The zero-order chi connectivity index (χ0) is 20.5. The van der Waals surface area contributed by atoms with Crippen LogP contribution < -0.4 is 14.9 Å². The summed E-state index contributed by atoms with van der Waals surface area (Å²) in [5.41, 5.74) is 3.10. The lowest BCUT2D eigenvalue weighted by atomic mass is 9.95. The molecule has 0 unspecified atom stereocenters. The molecule has 0 radical (unpaired) electrons. The molecule has 0 saturated heterocycles. The van der Waals surface area contributed by atoms with Gasteiger partial charge in [-0.1, -0.05) is 40.2 Å². The van der Waals surface area contributed by atoms with Crippen LogP contribution in [0.15, 0.2) is 56.2 Å². The van der Waals surface area contributed by atoms with Crippen LogP contribution in [0.2, 0.25) is 0 Å². The Morgan fingerprint density at radius 1 is 1.10 bits per heavy atom. The average Bonchev–Trinajstić information content (AvgIpc) is 2.73. The minimum atomic E-state index is -0.147. The molecule has 4 rings (SSSR count). The zero-order valence-corrected chi connectivity index (χ0v) is 18.2. The smallest absolute Gasteiger partial charge is 0.197 e. The van der Waals surface area contributed by atoms with Crippen LogP contribution >= 0.6 is 15.9 Å². The molecular formula is C23H22BrNO4. The van der Waals surface area contributed by atoms with E-state index in [0.717, 1.165) is 40.7 Å². The highest BCUT2D eigenvalue weighted by Crippen LogP contribution is 2.41. The Kier molecular flexibility index (Phi) is 5.48. The average molecular weight is 456 g/mol. The van der Waals surface area contributed by atoms with Gasteiger partial charge in [-0.25, -0.2) is 0 Å². The second kappa shape index (κ2) is 8.05. The Bertz CT molecular complexity index is 1170. The lowest BCUT2D eigenvalue weighted by molar-refractivity contribution is 0.368. The molecule has 0 N–H and O–H groups in total. The van der Waals surface area contributed by atoms with Gasteiger partial charge in [0.05, 0.1) is 19.8 Å². The highest BCUT2D eigenvalue weighted by Gasteiger charge is 2.24. The van der Waals surface area contributed by atoms with Crippen LogP contribution in [0, 0.1) is 0 Å². The molecule has 0 aliphatic carbocycles. The van der Waals surface area contributed by atoms with E-state index in [2.05, 4.69) is 34.0 Å². The molecule has 2 aromatic carbocycles. The third-order valence-electron chi connectivity index (χ3n) is 5.24. The monoisotopic (exact) mass is 455 g/mol. The van der Waals surface area contributed by atoms with Gasteiger partial charge in [-0.15, -0.1) is 0 Å². The Morgan fingerprint density at radius 2 is 1.86 bits per heavy atom. The summed E-state index contributed by atoms with van der Waals surface area (Å²) in [7, 11) is 5.25. The van der Waals surface area contributed by atoms with Gasteiger partial charge in [-0.3, -0.25) is 4.79 Å². The van der Waals surface area contributed by atoms with Crippen molar-refractivity contribution < 1.29 is 13.9 Å². The lowest BCUT2D eigenvalue weighted by Crippen LogP contribution is -2.24. The van der Waals surface area contributed by atoms with Crippen molar-refractivity contribution in [2.45, 2.75) is 6.42 Å². The molecule has 150 valence electrons. The van der Waals surface area contributed by atoms with Gasteiger partial charge in [-0.05, 0) is 25.1 Å². The van der Waals surface area contributed by atoms with Gasteiger partial charge in [0.2, 0.25) is 0 Å². The van der Waals surface area contributed by atoms with E-state index >= 15 is 0 Å². The van der Waals surface area contributed by atoms with Gasteiger partial charge in [-0.2, -0.15) is 0 Å². The first kappa shape index (κ1) is 19.7. The normalized spacial score (nSPS) is 14.7.